The summed E-state index contributed by atoms with van der Waals surface area (Å²) in [5, 5.41) is 9.78. The largest absolute Gasteiger partial charge is 0.483 e. The molecule has 178 valence electrons. The van der Waals surface area contributed by atoms with Gasteiger partial charge in [0, 0.05) is 51.5 Å². The second-order valence-electron chi connectivity index (χ2n) is 8.75. The summed E-state index contributed by atoms with van der Waals surface area (Å²) in [6, 6.07) is 14.2. The predicted octanol–water partition coefficient (Wildman–Crippen LogP) is 2.52. The topological polar surface area (TPSA) is 100 Å². The van der Waals surface area contributed by atoms with Crippen molar-refractivity contribution in [3.8, 4) is 17.3 Å². The van der Waals surface area contributed by atoms with Crippen LogP contribution >= 0.6 is 0 Å². The number of hydrogen-bond acceptors (Lipinski definition) is 8. The Morgan fingerprint density at radius 3 is 2.68 bits per heavy atom. The molecule has 3 aromatic heterocycles. The van der Waals surface area contributed by atoms with Crippen LogP contribution in [0.15, 0.2) is 48.7 Å². The van der Waals surface area contributed by atoms with Crippen LogP contribution in [-0.4, -0.2) is 77.2 Å². The van der Waals surface area contributed by atoms with Gasteiger partial charge in [0.15, 0.2) is 11.5 Å². The molecule has 0 radical (unpaired) electrons. The van der Waals surface area contributed by atoms with E-state index in [1.165, 1.54) is 5.56 Å². The number of fused-ring (bicyclic) bond motifs is 2. The smallest absolute Gasteiger partial charge is 0.187 e. The number of nitrogens with zero attached hydrogens (tertiary/aromatic N) is 5. The highest BCUT2D eigenvalue weighted by Gasteiger charge is 2.20. The van der Waals surface area contributed by atoms with Crippen LogP contribution in [0.4, 0.5) is 0 Å². The molecule has 4 aromatic rings. The van der Waals surface area contributed by atoms with E-state index in [1.54, 1.807) is 14.2 Å². The zero-order chi connectivity index (χ0) is 23.5. The zero-order valence-electron chi connectivity index (χ0n) is 19.6. The molecular weight excluding hydrogens is 432 g/mol. The van der Waals surface area contributed by atoms with Crippen LogP contribution < -0.4 is 10.5 Å². The van der Waals surface area contributed by atoms with Crippen molar-refractivity contribution in [2.24, 2.45) is 5.73 Å². The van der Waals surface area contributed by atoms with Gasteiger partial charge in [0.25, 0.3) is 0 Å². The van der Waals surface area contributed by atoms with Crippen LogP contribution in [0.2, 0.25) is 0 Å². The van der Waals surface area contributed by atoms with Gasteiger partial charge >= 0.3 is 0 Å². The van der Waals surface area contributed by atoms with Crippen molar-refractivity contribution in [1.82, 2.24) is 24.5 Å². The van der Waals surface area contributed by atoms with Crippen molar-refractivity contribution in [3.63, 3.8) is 0 Å². The average molecular weight is 463 g/mol. The Bertz CT molecular complexity index is 1270. The molecule has 1 atom stereocenters. The van der Waals surface area contributed by atoms with E-state index in [0.717, 1.165) is 48.3 Å². The number of pyridine rings is 2. The third-order valence-electron chi connectivity index (χ3n) is 6.09. The lowest BCUT2D eigenvalue weighted by molar-refractivity contribution is 0.0252. The summed E-state index contributed by atoms with van der Waals surface area (Å²) in [5.41, 5.74) is 9.53. The number of hydrogen-bond donors (Lipinski definition) is 1. The molecule has 1 saturated heterocycles. The summed E-state index contributed by atoms with van der Waals surface area (Å²) in [6.45, 7) is 3.64. The molecule has 34 heavy (non-hydrogen) atoms. The molecule has 1 aromatic carbocycles. The molecule has 0 saturated carbocycles. The Hall–Kier alpha value is -3.11. The lowest BCUT2D eigenvalue weighted by Gasteiger charge is -2.18. The van der Waals surface area contributed by atoms with E-state index < -0.39 is 0 Å². The van der Waals surface area contributed by atoms with Gasteiger partial charge in [0.05, 0.1) is 13.2 Å². The second kappa shape index (κ2) is 10.0. The Morgan fingerprint density at radius 2 is 1.91 bits per heavy atom. The Labute approximate surface area is 198 Å². The fraction of sp³-hybridized carbons (Fsp3) is 0.400. The summed E-state index contributed by atoms with van der Waals surface area (Å²) in [6.07, 6.45) is 2.90. The molecule has 0 bridgehead atoms. The van der Waals surface area contributed by atoms with E-state index >= 15 is 0 Å². The number of benzene rings is 1. The summed E-state index contributed by atoms with van der Waals surface area (Å²) in [5.74, 6) is 1.37. The van der Waals surface area contributed by atoms with E-state index in [9.17, 15) is 0 Å². The summed E-state index contributed by atoms with van der Waals surface area (Å²) >= 11 is 0. The number of para-hydroxylation sites is 1. The zero-order valence-corrected chi connectivity index (χ0v) is 19.6. The number of methoxy groups -OCH3 is 2. The van der Waals surface area contributed by atoms with E-state index in [-0.39, 0.29) is 12.1 Å². The van der Waals surface area contributed by atoms with E-state index in [4.69, 9.17) is 24.9 Å². The van der Waals surface area contributed by atoms with Gasteiger partial charge in [-0.3, -0.25) is 9.30 Å². The molecule has 0 amide bonds. The molecule has 0 aliphatic carbocycles. The van der Waals surface area contributed by atoms with Crippen LogP contribution in [0, 0.1) is 0 Å². The monoisotopic (exact) mass is 462 g/mol. The van der Waals surface area contributed by atoms with Crippen molar-refractivity contribution in [3.05, 3.63) is 54.2 Å². The molecule has 9 nitrogen and oxygen atoms in total. The van der Waals surface area contributed by atoms with E-state index in [2.05, 4.69) is 27.4 Å². The van der Waals surface area contributed by atoms with Crippen molar-refractivity contribution < 1.29 is 14.2 Å². The minimum Gasteiger partial charge on any atom is -0.483 e. The first-order chi connectivity index (χ1) is 16.6. The van der Waals surface area contributed by atoms with Gasteiger partial charge in [-0.05, 0) is 30.2 Å². The molecule has 1 aliphatic rings. The van der Waals surface area contributed by atoms with Crippen LogP contribution in [0.25, 0.3) is 28.1 Å². The first-order valence-electron chi connectivity index (χ1n) is 11.5. The standard InChI is InChI=1S/C25H30N6O3/c1-32-15-20(16-33-2)34-22-5-3-4-18-7-8-21(27-24(18)22)25-29-28-23-9-6-17(13-31(23)25)12-30-11-10-19(26)14-30/h3-9,13,19-20H,10-12,14-16,26H2,1-2H3. The highest BCUT2D eigenvalue weighted by Crippen LogP contribution is 2.28. The third kappa shape index (κ3) is 4.74. The number of ether oxygens (including phenoxy) is 3. The van der Waals surface area contributed by atoms with Crippen molar-refractivity contribution in [1.29, 1.82) is 0 Å². The number of nitrogens with two attached hydrogens (primary N) is 1. The third-order valence-corrected chi connectivity index (χ3v) is 6.09. The number of likely N-dealkylation sites (tertiary alicyclic amines) is 1. The number of rotatable bonds is 9. The van der Waals surface area contributed by atoms with Gasteiger partial charge in [-0.2, -0.15) is 0 Å². The fourth-order valence-electron chi connectivity index (χ4n) is 4.47. The molecule has 1 fully saturated rings. The Balaban J connectivity index is 1.48. The first kappa shape index (κ1) is 22.7. The van der Waals surface area contributed by atoms with Crippen LogP contribution in [0.3, 0.4) is 0 Å². The maximum Gasteiger partial charge on any atom is 0.187 e. The quantitative estimate of drug-likeness (QED) is 0.405. The number of aromatic nitrogens is 4. The molecule has 5 rings (SSSR count). The van der Waals surface area contributed by atoms with Crippen molar-refractivity contribution in [2.45, 2.75) is 25.1 Å². The minimum absolute atomic E-state index is 0.235. The maximum absolute atomic E-state index is 6.20. The van der Waals surface area contributed by atoms with E-state index in [0.29, 0.717) is 24.8 Å². The molecule has 2 N–H and O–H groups in total. The van der Waals surface area contributed by atoms with E-state index in [1.807, 2.05) is 40.8 Å². The van der Waals surface area contributed by atoms with Gasteiger partial charge in [-0.1, -0.05) is 24.3 Å². The average Bonchev–Trinajstić information content (AvgIpc) is 3.45. The summed E-state index contributed by atoms with van der Waals surface area (Å²) in [4.78, 5) is 7.31. The Kier molecular flexibility index (Phi) is 6.68. The first-order valence-corrected chi connectivity index (χ1v) is 11.5. The van der Waals surface area contributed by atoms with Gasteiger partial charge in [-0.15, -0.1) is 10.2 Å². The van der Waals surface area contributed by atoms with Crippen LogP contribution in [0.5, 0.6) is 5.75 Å². The molecule has 0 spiro atoms. The molecule has 1 aliphatic heterocycles. The second-order valence-corrected chi connectivity index (χ2v) is 8.75. The van der Waals surface area contributed by atoms with Crippen LogP contribution in [0.1, 0.15) is 12.0 Å². The van der Waals surface area contributed by atoms with Gasteiger partial charge in [0.1, 0.15) is 23.1 Å². The van der Waals surface area contributed by atoms with Crippen LogP contribution in [-0.2, 0) is 16.0 Å². The highest BCUT2D eigenvalue weighted by molar-refractivity contribution is 5.86. The fourth-order valence-corrected chi connectivity index (χ4v) is 4.47. The Morgan fingerprint density at radius 1 is 1.06 bits per heavy atom. The lowest BCUT2D eigenvalue weighted by atomic mass is 10.2. The SMILES string of the molecule is COCC(COC)Oc1cccc2ccc(-c3nnc4ccc(CN5CCC(N)C5)cn34)nc12. The van der Waals surface area contributed by atoms with Gasteiger partial charge < -0.3 is 19.9 Å². The van der Waals surface area contributed by atoms with Crippen molar-refractivity contribution in [2.75, 3.05) is 40.5 Å². The molecular formula is C25H30N6O3. The minimum atomic E-state index is -0.235. The highest BCUT2D eigenvalue weighted by atomic mass is 16.6. The summed E-state index contributed by atoms with van der Waals surface area (Å²) in [7, 11) is 3.29. The van der Waals surface area contributed by atoms with Crippen molar-refractivity contribution >= 4 is 16.6 Å². The molecule has 9 heteroatoms. The predicted molar refractivity (Wildman–Crippen MR) is 130 cm³/mol. The van der Waals surface area contributed by atoms with Gasteiger partial charge in [-0.25, -0.2) is 4.98 Å². The molecule has 4 heterocycles. The molecule has 1 unspecified atom stereocenters. The lowest BCUT2D eigenvalue weighted by Crippen LogP contribution is -2.27. The normalized spacial score (nSPS) is 16.8. The van der Waals surface area contributed by atoms with Gasteiger partial charge in [0.2, 0.25) is 0 Å². The summed E-state index contributed by atoms with van der Waals surface area (Å²) < 4.78 is 18.8. The maximum atomic E-state index is 6.20.